The van der Waals surface area contributed by atoms with Crippen LogP contribution < -0.4 is 10.6 Å². The first-order valence-corrected chi connectivity index (χ1v) is 6.07. The number of amides is 1. The molecule has 0 bridgehead atoms. The van der Waals surface area contributed by atoms with Crippen molar-refractivity contribution in [2.75, 3.05) is 13.1 Å². The Morgan fingerprint density at radius 3 is 2.75 bits per heavy atom. The number of rotatable bonds is 2. The molecule has 94 valence electrons. The molecule has 1 rings (SSSR count). The summed E-state index contributed by atoms with van der Waals surface area (Å²) < 4.78 is 5.19. The summed E-state index contributed by atoms with van der Waals surface area (Å²) in [6, 6.07) is 0.555. The van der Waals surface area contributed by atoms with Crippen LogP contribution in [0.15, 0.2) is 0 Å². The lowest BCUT2D eigenvalue weighted by atomic mass is 9.93. The molecule has 4 nitrogen and oxygen atoms in total. The van der Waals surface area contributed by atoms with Gasteiger partial charge in [0.1, 0.15) is 5.60 Å². The van der Waals surface area contributed by atoms with Crippen LogP contribution in [0.25, 0.3) is 0 Å². The first kappa shape index (κ1) is 13.3. The largest absolute Gasteiger partial charge is 0.444 e. The lowest BCUT2D eigenvalue weighted by molar-refractivity contribution is 0.0514. The van der Waals surface area contributed by atoms with E-state index in [0.717, 1.165) is 25.9 Å². The average molecular weight is 228 g/mol. The van der Waals surface area contributed by atoms with Crippen molar-refractivity contribution in [3.05, 3.63) is 0 Å². The van der Waals surface area contributed by atoms with Gasteiger partial charge in [0, 0.05) is 12.6 Å². The van der Waals surface area contributed by atoms with E-state index in [-0.39, 0.29) is 6.09 Å². The van der Waals surface area contributed by atoms with E-state index in [0.29, 0.717) is 12.0 Å². The number of piperidine rings is 1. The van der Waals surface area contributed by atoms with Crippen molar-refractivity contribution < 1.29 is 9.53 Å². The van der Waals surface area contributed by atoms with E-state index in [9.17, 15) is 4.79 Å². The monoisotopic (exact) mass is 228 g/mol. The van der Waals surface area contributed by atoms with Gasteiger partial charge in [-0.25, -0.2) is 4.79 Å². The number of ether oxygens (including phenoxy) is 1. The van der Waals surface area contributed by atoms with Crippen LogP contribution in [-0.2, 0) is 4.74 Å². The van der Waals surface area contributed by atoms with Gasteiger partial charge in [0.25, 0.3) is 0 Å². The number of hydrogen-bond donors (Lipinski definition) is 2. The first-order chi connectivity index (χ1) is 7.37. The fourth-order valence-electron chi connectivity index (χ4n) is 1.96. The zero-order chi connectivity index (χ0) is 12.2. The molecule has 1 aliphatic rings. The van der Waals surface area contributed by atoms with Crippen LogP contribution in [0, 0.1) is 5.92 Å². The Morgan fingerprint density at radius 2 is 2.19 bits per heavy atom. The van der Waals surface area contributed by atoms with Crippen molar-refractivity contribution in [2.24, 2.45) is 5.92 Å². The third-order valence-electron chi connectivity index (χ3n) is 2.67. The van der Waals surface area contributed by atoms with E-state index in [4.69, 9.17) is 4.74 Å². The Hall–Kier alpha value is -0.770. The molecule has 1 heterocycles. The fraction of sp³-hybridized carbons (Fsp3) is 0.917. The minimum atomic E-state index is -0.411. The third kappa shape index (κ3) is 5.35. The molecule has 0 radical (unpaired) electrons. The van der Waals surface area contributed by atoms with Gasteiger partial charge in [-0.3, -0.25) is 0 Å². The van der Waals surface area contributed by atoms with Gasteiger partial charge in [-0.1, -0.05) is 0 Å². The zero-order valence-corrected chi connectivity index (χ0v) is 10.8. The maximum Gasteiger partial charge on any atom is 0.407 e. The van der Waals surface area contributed by atoms with Gasteiger partial charge < -0.3 is 15.4 Å². The molecule has 0 aliphatic carbocycles. The summed E-state index contributed by atoms with van der Waals surface area (Å²) in [7, 11) is 0. The summed E-state index contributed by atoms with van der Waals surface area (Å²) in [5.74, 6) is 0.573. The van der Waals surface area contributed by atoms with Gasteiger partial charge in [-0.15, -0.1) is 0 Å². The van der Waals surface area contributed by atoms with E-state index in [1.54, 1.807) is 0 Å². The van der Waals surface area contributed by atoms with Crippen LogP contribution in [0.2, 0.25) is 0 Å². The number of carbonyl (C=O) groups is 1. The SMILES string of the molecule is C[C@H]1C[C@@H](CNC(=O)OC(C)(C)C)CCN1. The second kappa shape index (κ2) is 5.53. The van der Waals surface area contributed by atoms with E-state index < -0.39 is 5.60 Å². The van der Waals surface area contributed by atoms with Gasteiger partial charge in [0.05, 0.1) is 0 Å². The molecule has 0 saturated carbocycles. The smallest absolute Gasteiger partial charge is 0.407 e. The maximum absolute atomic E-state index is 11.4. The Kier molecular flexibility index (Phi) is 4.59. The quantitative estimate of drug-likeness (QED) is 0.759. The molecular weight excluding hydrogens is 204 g/mol. The van der Waals surface area contributed by atoms with Crippen molar-refractivity contribution in [3.8, 4) is 0 Å². The van der Waals surface area contributed by atoms with Crippen molar-refractivity contribution in [3.63, 3.8) is 0 Å². The molecule has 4 heteroatoms. The van der Waals surface area contributed by atoms with Crippen LogP contribution in [0.1, 0.15) is 40.5 Å². The Bertz CT molecular complexity index is 236. The maximum atomic E-state index is 11.4. The molecule has 2 N–H and O–H groups in total. The minimum absolute atomic E-state index is 0.307. The van der Waals surface area contributed by atoms with E-state index >= 15 is 0 Å². The lowest BCUT2D eigenvalue weighted by Gasteiger charge is -2.28. The molecule has 0 spiro atoms. The predicted octanol–water partition coefficient (Wildman–Crippen LogP) is 1.90. The molecule has 1 fully saturated rings. The van der Waals surface area contributed by atoms with Gasteiger partial charge in [-0.05, 0) is 53.0 Å². The number of carbonyl (C=O) groups excluding carboxylic acids is 1. The van der Waals surface area contributed by atoms with Crippen LogP contribution >= 0.6 is 0 Å². The molecule has 0 unspecified atom stereocenters. The fourth-order valence-corrected chi connectivity index (χ4v) is 1.96. The van der Waals surface area contributed by atoms with Crippen molar-refractivity contribution in [2.45, 2.75) is 52.2 Å². The second-order valence-electron chi connectivity index (χ2n) is 5.63. The molecular formula is C12H24N2O2. The van der Waals surface area contributed by atoms with Crippen molar-refractivity contribution >= 4 is 6.09 Å². The molecule has 1 saturated heterocycles. The van der Waals surface area contributed by atoms with Crippen LogP contribution in [0.3, 0.4) is 0 Å². The minimum Gasteiger partial charge on any atom is -0.444 e. The van der Waals surface area contributed by atoms with Gasteiger partial charge in [-0.2, -0.15) is 0 Å². The van der Waals surface area contributed by atoms with Crippen molar-refractivity contribution in [1.29, 1.82) is 0 Å². The Morgan fingerprint density at radius 1 is 1.50 bits per heavy atom. The highest BCUT2D eigenvalue weighted by atomic mass is 16.6. The Labute approximate surface area is 98.1 Å². The van der Waals surface area contributed by atoms with Crippen LogP contribution in [0.5, 0.6) is 0 Å². The van der Waals surface area contributed by atoms with Crippen LogP contribution in [0.4, 0.5) is 4.79 Å². The average Bonchev–Trinajstić information content (AvgIpc) is 2.12. The molecule has 0 aromatic heterocycles. The molecule has 0 aromatic rings. The predicted molar refractivity (Wildman–Crippen MR) is 64.4 cm³/mol. The molecule has 1 aliphatic heterocycles. The van der Waals surface area contributed by atoms with E-state index in [1.165, 1.54) is 0 Å². The summed E-state index contributed by atoms with van der Waals surface area (Å²) in [6.07, 6.45) is 1.94. The van der Waals surface area contributed by atoms with E-state index in [2.05, 4.69) is 17.6 Å². The second-order valence-corrected chi connectivity index (χ2v) is 5.63. The number of hydrogen-bond acceptors (Lipinski definition) is 3. The number of nitrogens with one attached hydrogen (secondary N) is 2. The van der Waals surface area contributed by atoms with Crippen molar-refractivity contribution in [1.82, 2.24) is 10.6 Å². The highest BCUT2D eigenvalue weighted by Gasteiger charge is 2.20. The zero-order valence-electron chi connectivity index (χ0n) is 10.8. The summed E-state index contributed by atoms with van der Waals surface area (Å²) in [6.45, 7) is 9.57. The molecule has 16 heavy (non-hydrogen) atoms. The van der Waals surface area contributed by atoms with E-state index in [1.807, 2.05) is 20.8 Å². The van der Waals surface area contributed by atoms with Gasteiger partial charge in [0.15, 0.2) is 0 Å². The first-order valence-electron chi connectivity index (χ1n) is 6.07. The summed E-state index contributed by atoms with van der Waals surface area (Å²) in [5, 5.41) is 6.23. The standard InChI is InChI=1S/C12H24N2O2/c1-9-7-10(5-6-13-9)8-14-11(15)16-12(2,3)4/h9-10,13H,5-8H2,1-4H3,(H,14,15)/t9-,10-/m0/s1. The molecule has 1 amide bonds. The number of alkyl carbamates (subject to hydrolysis) is 1. The topological polar surface area (TPSA) is 50.4 Å². The highest BCUT2D eigenvalue weighted by molar-refractivity contribution is 5.67. The summed E-state index contributed by atoms with van der Waals surface area (Å²) in [4.78, 5) is 11.4. The Balaban J connectivity index is 2.21. The molecule has 0 aromatic carbocycles. The highest BCUT2D eigenvalue weighted by Crippen LogP contribution is 2.15. The summed E-state index contributed by atoms with van der Waals surface area (Å²) in [5.41, 5.74) is -0.411. The normalized spacial score (nSPS) is 26.2. The van der Waals surface area contributed by atoms with Crippen LogP contribution in [-0.4, -0.2) is 30.8 Å². The van der Waals surface area contributed by atoms with Gasteiger partial charge >= 0.3 is 6.09 Å². The van der Waals surface area contributed by atoms with Gasteiger partial charge in [0.2, 0.25) is 0 Å². The lowest BCUT2D eigenvalue weighted by Crippen LogP contribution is -2.41. The third-order valence-corrected chi connectivity index (χ3v) is 2.67. The molecule has 2 atom stereocenters. The summed E-state index contributed by atoms with van der Waals surface area (Å²) >= 11 is 0.